The number of hydrogen-bond acceptors (Lipinski definition) is 3. The van der Waals surface area contributed by atoms with E-state index < -0.39 is 0 Å². The van der Waals surface area contributed by atoms with Crippen molar-refractivity contribution in [1.82, 2.24) is 5.32 Å². The summed E-state index contributed by atoms with van der Waals surface area (Å²) in [6, 6.07) is 0. The molecule has 0 bridgehead atoms. The molecule has 1 amide bonds. The van der Waals surface area contributed by atoms with Crippen LogP contribution in [0.25, 0.3) is 0 Å². The number of carbonyl (C=O) groups excluding carboxylic acids is 1. The van der Waals surface area contributed by atoms with Crippen LogP contribution in [0.3, 0.4) is 0 Å². The van der Waals surface area contributed by atoms with Crippen LogP contribution in [0.15, 0.2) is 12.2 Å². The zero-order chi connectivity index (χ0) is 12.0. The molecule has 0 aromatic rings. The first-order valence-electron chi connectivity index (χ1n) is 5.72. The highest BCUT2D eigenvalue weighted by Gasteiger charge is 2.30. The van der Waals surface area contributed by atoms with Crippen LogP contribution in [-0.2, 0) is 14.3 Å². The lowest BCUT2D eigenvalue weighted by molar-refractivity contribution is -0.126. The molecule has 1 aliphatic rings. The van der Waals surface area contributed by atoms with E-state index in [2.05, 4.69) is 11.9 Å². The average Bonchev–Trinajstić information content (AvgIpc) is 2.63. The second kappa shape index (κ2) is 6.66. The lowest BCUT2D eigenvalue weighted by atomic mass is 10.0. The summed E-state index contributed by atoms with van der Waals surface area (Å²) in [4.78, 5) is 11.7. The van der Waals surface area contributed by atoms with Crippen LogP contribution in [0.4, 0.5) is 0 Å². The molecule has 4 nitrogen and oxygen atoms in total. The molecule has 1 aliphatic heterocycles. The Bertz CT molecular complexity index is 253. The molecule has 0 aromatic carbocycles. The number of hydrogen-bond donors (Lipinski definition) is 1. The molecule has 0 radical (unpaired) electrons. The Balaban J connectivity index is 2.08. The van der Waals surface area contributed by atoms with Crippen LogP contribution in [0.2, 0.25) is 0 Å². The number of rotatable bonds is 6. The van der Waals surface area contributed by atoms with Gasteiger partial charge in [-0.2, -0.15) is 0 Å². The van der Waals surface area contributed by atoms with Gasteiger partial charge in [-0.3, -0.25) is 4.79 Å². The first-order valence-corrected chi connectivity index (χ1v) is 5.72. The highest BCUT2D eigenvalue weighted by atomic mass is 16.5. The van der Waals surface area contributed by atoms with Gasteiger partial charge in [-0.1, -0.05) is 12.2 Å². The summed E-state index contributed by atoms with van der Waals surface area (Å²) in [5, 5.41) is 2.86. The Morgan fingerprint density at radius 1 is 1.62 bits per heavy atom. The summed E-state index contributed by atoms with van der Waals surface area (Å²) >= 11 is 0. The number of amides is 1. The maximum absolute atomic E-state index is 11.7. The van der Waals surface area contributed by atoms with Gasteiger partial charge >= 0.3 is 0 Å². The smallest absolute Gasteiger partial charge is 0.225 e. The zero-order valence-corrected chi connectivity index (χ0v) is 10.1. The molecule has 1 fully saturated rings. The highest BCUT2D eigenvalue weighted by Crippen LogP contribution is 2.20. The predicted octanol–water partition coefficient (Wildman–Crippen LogP) is 1.12. The second-order valence-corrected chi connectivity index (χ2v) is 4.27. The van der Waals surface area contributed by atoms with Gasteiger partial charge in [-0.25, -0.2) is 0 Å². The van der Waals surface area contributed by atoms with Crippen molar-refractivity contribution in [3.05, 3.63) is 12.2 Å². The van der Waals surface area contributed by atoms with E-state index in [-0.39, 0.29) is 17.9 Å². The van der Waals surface area contributed by atoms with Crippen LogP contribution >= 0.6 is 0 Å². The van der Waals surface area contributed by atoms with Crippen molar-refractivity contribution in [3.63, 3.8) is 0 Å². The molecule has 0 saturated carbocycles. The molecule has 1 heterocycles. The van der Waals surface area contributed by atoms with Crippen LogP contribution in [0, 0.1) is 5.92 Å². The van der Waals surface area contributed by atoms with Crippen molar-refractivity contribution in [2.45, 2.75) is 26.4 Å². The molecule has 1 N–H and O–H groups in total. The Hall–Kier alpha value is -0.870. The number of ether oxygens (including phenoxy) is 2. The molecule has 0 spiro atoms. The van der Waals surface area contributed by atoms with Gasteiger partial charge in [0.05, 0.1) is 25.2 Å². The summed E-state index contributed by atoms with van der Waals surface area (Å²) in [6.07, 6.45) is 0.857. The van der Waals surface area contributed by atoms with Gasteiger partial charge in [0.15, 0.2) is 0 Å². The minimum atomic E-state index is 0.00106. The standard InChI is InChI=1S/C12H21NO3/c1-9(2)8-15-7-5-13-12(14)11-4-6-16-10(11)3/h10-11H,1,4-8H2,2-3H3,(H,13,14). The first-order chi connectivity index (χ1) is 7.61. The highest BCUT2D eigenvalue weighted by molar-refractivity contribution is 5.79. The van der Waals surface area contributed by atoms with E-state index in [0.29, 0.717) is 26.4 Å². The van der Waals surface area contributed by atoms with Crippen LogP contribution < -0.4 is 5.32 Å². The largest absolute Gasteiger partial charge is 0.378 e. The molecule has 0 aliphatic carbocycles. The third-order valence-corrected chi connectivity index (χ3v) is 2.61. The molecule has 1 rings (SSSR count). The fourth-order valence-corrected chi connectivity index (χ4v) is 1.70. The van der Waals surface area contributed by atoms with Gasteiger partial charge in [-0.05, 0) is 20.3 Å². The molecule has 0 aromatic heterocycles. The monoisotopic (exact) mass is 227 g/mol. The van der Waals surface area contributed by atoms with Crippen molar-refractivity contribution in [3.8, 4) is 0 Å². The third-order valence-electron chi connectivity index (χ3n) is 2.61. The fraction of sp³-hybridized carbons (Fsp3) is 0.750. The molecule has 2 unspecified atom stereocenters. The van der Waals surface area contributed by atoms with Gasteiger partial charge in [0, 0.05) is 13.2 Å². The topological polar surface area (TPSA) is 47.6 Å². The lowest BCUT2D eigenvalue weighted by Crippen LogP contribution is -2.36. The molecular formula is C12H21NO3. The quantitative estimate of drug-likeness (QED) is 0.546. The Labute approximate surface area is 97.0 Å². The summed E-state index contributed by atoms with van der Waals surface area (Å²) in [7, 11) is 0. The minimum Gasteiger partial charge on any atom is -0.378 e. The van der Waals surface area contributed by atoms with Gasteiger partial charge < -0.3 is 14.8 Å². The summed E-state index contributed by atoms with van der Waals surface area (Å²) in [5.74, 6) is 0.0741. The first kappa shape index (κ1) is 13.2. The number of carbonyl (C=O) groups is 1. The second-order valence-electron chi connectivity index (χ2n) is 4.27. The normalized spacial score (nSPS) is 24.4. The van der Waals surface area contributed by atoms with Gasteiger partial charge in [0.1, 0.15) is 0 Å². The van der Waals surface area contributed by atoms with E-state index >= 15 is 0 Å². The van der Waals surface area contributed by atoms with Gasteiger partial charge in [0.2, 0.25) is 5.91 Å². The van der Waals surface area contributed by atoms with Gasteiger partial charge in [-0.15, -0.1) is 0 Å². The predicted molar refractivity (Wildman–Crippen MR) is 62.2 cm³/mol. The van der Waals surface area contributed by atoms with Crippen LogP contribution in [-0.4, -0.2) is 38.4 Å². The van der Waals surface area contributed by atoms with E-state index in [1.54, 1.807) is 0 Å². The van der Waals surface area contributed by atoms with Crippen LogP contribution in [0.1, 0.15) is 20.3 Å². The molecule has 1 saturated heterocycles. The average molecular weight is 227 g/mol. The maximum atomic E-state index is 11.7. The Kier molecular flexibility index (Phi) is 5.49. The number of nitrogens with one attached hydrogen (secondary N) is 1. The van der Waals surface area contributed by atoms with Crippen LogP contribution in [0.5, 0.6) is 0 Å². The third kappa shape index (κ3) is 4.33. The molecule has 16 heavy (non-hydrogen) atoms. The molecule has 2 atom stereocenters. The van der Waals surface area contributed by atoms with Crippen molar-refractivity contribution in [2.24, 2.45) is 5.92 Å². The van der Waals surface area contributed by atoms with E-state index in [9.17, 15) is 4.79 Å². The maximum Gasteiger partial charge on any atom is 0.225 e. The molecular weight excluding hydrogens is 206 g/mol. The Morgan fingerprint density at radius 2 is 2.38 bits per heavy atom. The van der Waals surface area contributed by atoms with E-state index in [1.807, 2.05) is 13.8 Å². The van der Waals surface area contributed by atoms with Crippen molar-refractivity contribution in [1.29, 1.82) is 0 Å². The van der Waals surface area contributed by atoms with Crippen molar-refractivity contribution >= 4 is 5.91 Å². The van der Waals surface area contributed by atoms with E-state index in [4.69, 9.17) is 9.47 Å². The van der Waals surface area contributed by atoms with Gasteiger partial charge in [0.25, 0.3) is 0 Å². The SMILES string of the molecule is C=C(C)COCCNC(=O)C1CCOC1C. The summed E-state index contributed by atoms with van der Waals surface area (Å²) in [6.45, 7) is 9.90. The summed E-state index contributed by atoms with van der Waals surface area (Å²) < 4.78 is 10.6. The Morgan fingerprint density at radius 3 is 2.94 bits per heavy atom. The molecule has 92 valence electrons. The minimum absolute atomic E-state index is 0.00106. The molecule has 4 heteroatoms. The zero-order valence-electron chi connectivity index (χ0n) is 10.1. The van der Waals surface area contributed by atoms with Crippen molar-refractivity contribution < 1.29 is 14.3 Å². The fourth-order valence-electron chi connectivity index (χ4n) is 1.70. The van der Waals surface area contributed by atoms with E-state index in [0.717, 1.165) is 12.0 Å². The van der Waals surface area contributed by atoms with E-state index in [1.165, 1.54) is 0 Å². The van der Waals surface area contributed by atoms with Crippen molar-refractivity contribution in [2.75, 3.05) is 26.4 Å². The lowest BCUT2D eigenvalue weighted by Gasteiger charge is -2.14. The summed E-state index contributed by atoms with van der Waals surface area (Å²) in [5.41, 5.74) is 0.990.